The third-order valence-electron chi connectivity index (χ3n) is 6.85. The van der Waals surface area contributed by atoms with Gasteiger partial charge in [-0.2, -0.15) is 5.21 Å². The van der Waals surface area contributed by atoms with E-state index in [2.05, 4.69) is 32.8 Å². The van der Waals surface area contributed by atoms with Crippen LogP contribution in [-0.4, -0.2) is 54.8 Å². The predicted molar refractivity (Wildman–Crippen MR) is 126 cm³/mol. The van der Waals surface area contributed by atoms with Gasteiger partial charge in [0.1, 0.15) is 29.3 Å². The van der Waals surface area contributed by atoms with Crippen molar-refractivity contribution in [2.75, 3.05) is 0 Å². The summed E-state index contributed by atoms with van der Waals surface area (Å²) in [7, 11) is 0. The van der Waals surface area contributed by atoms with E-state index in [1.54, 1.807) is 6.08 Å². The molecule has 1 aromatic heterocycles. The Labute approximate surface area is 198 Å². The SMILES string of the molecule is CC(C)(Oc1ccccc1)[C@H](O)/C=C/[C@@H]1[C@H]2c3cccc(CCc4nn[nH]n4)c3O[C@H]2C[C@H]1O. The molecule has 2 heterocycles. The Morgan fingerprint density at radius 1 is 1.18 bits per heavy atom. The fraction of sp³-hybridized carbons (Fsp3) is 0.423. The smallest absolute Gasteiger partial charge is 0.174 e. The largest absolute Gasteiger partial charge is 0.489 e. The molecule has 178 valence electrons. The third-order valence-corrected chi connectivity index (χ3v) is 6.85. The molecule has 0 unspecified atom stereocenters. The van der Waals surface area contributed by atoms with E-state index in [9.17, 15) is 10.2 Å². The molecule has 0 radical (unpaired) electrons. The topological polar surface area (TPSA) is 113 Å². The molecule has 0 amide bonds. The number of benzene rings is 2. The second-order valence-electron chi connectivity index (χ2n) is 9.57. The first-order valence-corrected chi connectivity index (χ1v) is 11.7. The van der Waals surface area contributed by atoms with Gasteiger partial charge >= 0.3 is 0 Å². The summed E-state index contributed by atoms with van der Waals surface area (Å²) in [5.74, 6) is 2.16. The monoisotopic (exact) mass is 462 g/mol. The summed E-state index contributed by atoms with van der Waals surface area (Å²) in [6.45, 7) is 3.71. The number of hydrogen-bond acceptors (Lipinski definition) is 7. The summed E-state index contributed by atoms with van der Waals surface area (Å²) < 4.78 is 12.4. The zero-order valence-electron chi connectivity index (χ0n) is 19.3. The highest BCUT2D eigenvalue weighted by Gasteiger charge is 2.49. The molecule has 0 saturated heterocycles. The van der Waals surface area contributed by atoms with E-state index in [-0.39, 0.29) is 17.9 Å². The number of tetrazole rings is 1. The molecule has 5 rings (SSSR count). The fourth-order valence-electron chi connectivity index (χ4n) is 5.02. The zero-order chi connectivity index (χ0) is 23.7. The summed E-state index contributed by atoms with van der Waals surface area (Å²) in [4.78, 5) is 0. The number of hydrogen-bond donors (Lipinski definition) is 3. The Morgan fingerprint density at radius 3 is 2.76 bits per heavy atom. The van der Waals surface area contributed by atoms with Gasteiger partial charge in [-0.1, -0.05) is 53.8 Å². The van der Waals surface area contributed by atoms with Crippen molar-refractivity contribution in [3.8, 4) is 11.5 Å². The van der Waals surface area contributed by atoms with Crippen molar-refractivity contribution in [3.05, 3.63) is 77.6 Å². The number of nitrogens with one attached hydrogen (secondary N) is 1. The predicted octanol–water partition coefficient (Wildman–Crippen LogP) is 2.99. The van der Waals surface area contributed by atoms with E-state index in [0.717, 1.165) is 23.3 Å². The van der Waals surface area contributed by atoms with Crippen molar-refractivity contribution in [2.24, 2.45) is 5.92 Å². The first-order chi connectivity index (χ1) is 16.4. The second-order valence-corrected chi connectivity index (χ2v) is 9.57. The molecule has 0 bridgehead atoms. The normalized spacial score (nSPS) is 24.6. The van der Waals surface area contributed by atoms with Crippen LogP contribution in [0.25, 0.3) is 0 Å². The van der Waals surface area contributed by atoms with Gasteiger partial charge in [0.05, 0.1) is 6.10 Å². The second kappa shape index (κ2) is 9.19. The summed E-state index contributed by atoms with van der Waals surface area (Å²) in [5, 5.41) is 35.8. The van der Waals surface area contributed by atoms with Crippen molar-refractivity contribution in [3.63, 3.8) is 0 Å². The number of para-hydroxylation sites is 2. The van der Waals surface area contributed by atoms with Crippen LogP contribution in [0.3, 0.4) is 0 Å². The van der Waals surface area contributed by atoms with Crippen LogP contribution >= 0.6 is 0 Å². The van der Waals surface area contributed by atoms with Crippen LogP contribution < -0.4 is 9.47 Å². The number of aryl methyl sites for hydroxylation is 2. The summed E-state index contributed by atoms with van der Waals surface area (Å²) in [6, 6.07) is 15.6. The molecule has 1 fully saturated rings. The Hall–Kier alpha value is -3.23. The first-order valence-electron chi connectivity index (χ1n) is 11.7. The highest BCUT2D eigenvalue weighted by atomic mass is 16.5. The molecule has 2 aromatic carbocycles. The van der Waals surface area contributed by atoms with Crippen LogP contribution in [0.15, 0.2) is 60.7 Å². The number of aromatic nitrogens is 4. The molecule has 5 atom stereocenters. The van der Waals surface area contributed by atoms with Crippen molar-refractivity contribution in [2.45, 2.75) is 62.9 Å². The molecule has 0 spiro atoms. The maximum Gasteiger partial charge on any atom is 0.174 e. The van der Waals surface area contributed by atoms with Gasteiger partial charge in [0.25, 0.3) is 0 Å². The van der Waals surface area contributed by atoms with Crippen molar-refractivity contribution in [1.29, 1.82) is 0 Å². The van der Waals surface area contributed by atoms with E-state index in [0.29, 0.717) is 24.4 Å². The fourth-order valence-corrected chi connectivity index (χ4v) is 5.02. The summed E-state index contributed by atoms with van der Waals surface area (Å²) in [6.07, 6.45) is 4.18. The molecule has 1 aliphatic carbocycles. The van der Waals surface area contributed by atoms with Gasteiger partial charge in [0.15, 0.2) is 5.82 Å². The molecule has 1 saturated carbocycles. The van der Waals surface area contributed by atoms with Gasteiger partial charge in [-0.15, -0.1) is 10.2 Å². The number of aliphatic hydroxyl groups excluding tert-OH is 2. The number of fused-ring (bicyclic) bond motifs is 3. The quantitative estimate of drug-likeness (QED) is 0.441. The van der Waals surface area contributed by atoms with Crippen LogP contribution in [0.1, 0.15) is 43.1 Å². The molecular formula is C26H30N4O4. The average molecular weight is 463 g/mol. The van der Waals surface area contributed by atoms with E-state index >= 15 is 0 Å². The lowest BCUT2D eigenvalue weighted by Crippen LogP contribution is -2.41. The Balaban J connectivity index is 1.32. The highest BCUT2D eigenvalue weighted by molar-refractivity contribution is 5.49. The molecule has 34 heavy (non-hydrogen) atoms. The minimum Gasteiger partial charge on any atom is -0.489 e. The van der Waals surface area contributed by atoms with Gasteiger partial charge in [-0.25, -0.2) is 0 Å². The standard InChI is InChI=1S/C26H30N4O4/c1-26(2,34-17-8-4-3-5-9-17)22(32)13-12-18-20(31)15-21-24(18)19-10-6-7-16(25(19)33-21)11-14-23-27-29-30-28-23/h3-10,12-13,18,20-22,24,31-32H,11,14-15H2,1-2H3,(H,27,28,29,30)/b13-12+/t18-,20+,21-,22+,24-/m0/s1. The van der Waals surface area contributed by atoms with Gasteiger partial charge in [0.2, 0.25) is 0 Å². The van der Waals surface area contributed by atoms with Crippen LogP contribution in [0.5, 0.6) is 11.5 Å². The zero-order valence-corrected chi connectivity index (χ0v) is 19.3. The summed E-state index contributed by atoms with van der Waals surface area (Å²) in [5.41, 5.74) is 1.38. The summed E-state index contributed by atoms with van der Waals surface area (Å²) >= 11 is 0. The van der Waals surface area contributed by atoms with Gasteiger partial charge < -0.3 is 19.7 Å². The number of aliphatic hydroxyl groups is 2. The third kappa shape index (κ3) is 4.43. The lowest BCUT2D eigenvalue weighted by molar-refractivity contribution is -0.00221. The molecule has 8 heteroatoms. The lowest BCUT2D eigenvalue weighted by Gasteiger charge is -2.30. The van der Waals surface area contributed by atoms with E-state index in [1.165, 1.54) is 0 Å². The number of nitrogens with zero attached hydrogens (tertiary/aromatic N) is 3. The van der Waals surface area contributed by atoms with Crippen molar-refractivity contribution < 1.29 is 19.7 Å². The number of rotatable bonds is 8. The van der Waals surface area contributed by atoms with Gasteiger partial charge in [-0.3, -0.25) is 0 Å². The maximum atomic E-state index is 10.9. The van der Waals surface area contributed by atoms with Crippen LogP contribution in [0.4, 0.5) is 0 Å². The first kappa shape index (κ1) is 22.6. The van der Waals surface area contributed by atoms with E-state index in [4.69, 9.17) is 9.47 Å². The average Bonchev–Trinajstić information content (AvgIpc) is 3.53. The lowest BCUT2D eigenvalue weighted by atomic mass is 9.86. The molecular weight excluding hydrogens is 432 g/mol. The molecule has 2 aliphatic rings. The van der Waals surface area contributed by atoms with Gasteiger partial charge in [0, 0.05) is 30.2 Å². The number of ether oxygens (including phenoxy) is 2. The molecule has 3 aromatic rings. The molecule has 3 N–H and O–H groups in total. The van der Waals surface area contributed by atoms with Crippen molar-refractivity contribution >= 4 is 0 Å². The van der Waals surface area contributed by atoms with Crippen LogP contribution in [0.2, 0.25) is 0 Å². The minimum absolute atomic E-state index is 0.0386. The Bertz CT molecular complexity index is 1130. The molecule has 8 nitrogen and oxygen atoms in total. The van der Waals surface area contributed by atoms with Crippen LogP contribution in [0, 0.1) is 5.92 Å². The van der Waals surface area contributed by atoms with E-state index < -0.39 is 17.8 Å². The van der Waals surface area contributed by atoms with Crippen molar-refractivity contribution in [1.82, 2.24) is 20.6 Å². The van der Waals surface area contributed by atoms with Crippen LogP contribution in [-0.2, 0) is 12.8 Å². The minimum atomic E-state index is -0.845. The Morgan fingerprint density at radius 2 is 2.00 bits per heavy atom. The number of H-pyrrole nitrogens is 1. The Kier molecular flexibility index (Phi) is 6.10. The maximum absolute atomic E-state index is 10.9. The highest BCUT2D eigenvalue weighted by Crippen LogP contribution is 2.52. The number of aromatic amines is 1. The van der Waals surface area contributed by atoms with E-state index in [1.807, 2.05) is 56.3 Å². The molecule has 1 aliphatic heterocycles. The van der Waals surface area contributed by atoms with Gasteiger partial charge in [-0.05, 0) is 38.0 Å².